The first-order chi connectivity index (χ1) is 11.0. The Bertz CT molecular complexity index is 936. The number of phenols is 1. The van der Waals surface area contributed by atoms with Crippen LogP contribution in [0.4, 0.5) is 0 Å². The van der Waals surface area contributed by atoms with E-state index >= 15 is 0 Å². The van der Waals surface area contributed by atoms with Gasteiger partial charge >= 0.3 is 5.63 Å². The maximum Gasteiger partial charge on any atom is 0.336 e. The van der Waals surface area contributed by atoms with Crippen molar-refractivity contribution in [3.05, 3.63) is 45.0 Å². The number of rotatable bonds is 4. The lowest BCUT2D eigenvalue weighted by molar-refractivity contribution is 0.473. The van der Waals surface area contributed by atoms with Crippen molar-refractivity contribution in [2.75, 3.05) is 0 Å². The molecule has 0 aliphatic carbocycles. The molecule has 2 aromatic heterocycles. The number of hydrogen-bond donors (Lipinski definition) is 1. The van der Waals surface area contributed by atoms with E-state index in [1.807, 2.05) is 18.4 Å². The van der Waals surface area contributed by atoms with Crippen LogP contribution in [-0.2, 0) is 12.3 Å². The minimum atomic E-state index is -0.469. The SMILES string of the molecule is CCn1c(C)nnc1SCc1cc(=O)oc2cc(O)c(Cl)cc12. The number of halogens is 1. The summed E-state index contributed by atoms with van der Waals surface area (Å²) in [7, 11) is 0. The normalized spacial score (nSPS) is 11.3. The Hall–Kier alpha value is -1.99. The molecule has 0 radical (unpaired) electrons. The molecule has 2 heterocycles. The van der Waals surface area contributed by atoms with E-state index in [0.717, 1.165) is 23.1 Å². The second-order valence-corrected chi connectivity index (χ2v) is 6.30. The van der Waals surface area contributed by atoms with Crippen molar-refractivity contribution in [1.82, 2.24) is 14.8 Å². The summed E-state index contributed by atoms with van der Waals surface area (Å²) in [6.45, 7) is 4.70. The standard InChI is InChI=1S/C15H14ClN3O3S/c1-3-19-8(2)17-18-15(19)23-7-9-4-14(21)22-13-6-12(20)11(16)5-10(9)13/h4-6,20H,3,7H2,1-2H3. The fourth-order valence-corrected chi connectivity index (χ4v) is 3.53. The maximum atomic E-state index is 11.7. The summed E-state index contributed by atoms with van der Waals surface area (Å²) in [5, 5.41) is 19.6. The van der Waals surface area contributed by atoms with Gasteiger partial charge in [0.25, 0.3) is 0 Å². The quantitative estimate of drug-likeness (QED) is 0.573. The molecular weight excluding hydrogens is 338 g/mol. The van der Waals surface area contributed by atoms with Gasteiger partial charge < -0.3 is 14.1 Å². The molecule has 0 saturated heterocycles. The molecule has 120 valence electrons. The van der Waals surface area contributed by atoms with Crippen LogP contribution >= 0.6 is 23.4 Å². The molecule has 0 atom stereocenters. The highest BCUT2D eigenvalue weighted by molar-refractivity contribution is 7.98. The Kier molecular flexibility index (Phi) is 4.32. The van der Waals surface area contributed by atoms with E-state index in [2.05, 4.69) is 10.2 Å². The third-order valence-corrected chi connectivity index (χ3v) is 4.79. The smallest absolute Gasteiger partial charge is 0.336 e. The van der Waals surface area contributed by atoms with Crippen LogP contribution in [0.2, 0.25) is 5.02 Å². The monoisotopic (exact) mass is 351 g/mol. The summed E-state index contributed by atoms with van der Waals surface area (Å²) in [6, 6.07) is 4.38. The van der Waals surface area contributed by atoms with Crippen LogP contribution in [0.25, 0.3) is 11.0 Å². The molecule has 0 bridgehead atoms. The minimum absolute atomic E-state index is 0.117. The van der Waals surface area contributed by atoms with Gasteiger partial charge in [-0.05, 0) is 25.5 Å². The number of phenolic OH excluding ortho intramolecular Hbond substituents is 1. The van der Waals surface area contributed by atoms with Crippen LogP contribution in [0.3, 0.4) is 0 Å². The largest absolute Gasteiger partial charge is 0.506 e. The zero-order valence-electron chi connectivity index (χ0n) is 12.5. The van der Waals surface area contributed by atoms with Crippen molar-refractivity contribution in [3.63, 3.8) is 0 Å². The molecular formula is C15H14ClN3O3S. The molecule has 6 nitrogen and oxygen atoms in total. The molecule has 0 aliphatic rings. The molecule has 0 unspecified atom stereocenters. The lowest BCUT2D eigenvalue weighted by Gasteiger charge is -2.07. The lowest BCUT2D eigenvalue weighted by atomic mass is 10.1. The van der Waals surface area contributed by atoms with Crippen LogP contribution in [0, 0.1) is 6.92 Å². The van der Waals surface area contributed by atoms with Gasteiger partial charge in [0, 0.05) is 29.8 Å². The topological polar surface area (TPSA) is 81.2 Å². The average molecular weight is 352 g/mol. The fourth-order valence-electron chi connectivity index (χ4n) is 2.33. The highest BCUT2D eigenvalue weighted by Crippen LogP contribution is 2.32. The maximum absolute atomic E-state index is 11.7. The Morgan fingerprint density at radius 2 is 2.13 bits per heavy atom. The van der Waals surface area contributed by atoms with Gasteiger partial charge in [0.15, 0.2) is 5.16 Å². The molecule has 0 saturated carbocycles. The van der Waals surface area contributed by atoms with Gasteiger partial charge in [-0.2, -0.15) is 0 Å². The van der Waals surface area contributed by atoms with Crippen molar-refractivity contribution in [2.45, 2.75) is 31.3 Å². The molecule has 3 aromatic rings. The molecule has 8 heteroatoms. The summed E-state index contributed by atoms with van der Waals surface area (Å²) < 4.78 is 7.12. The molecule has 1 aromatic carbocycles. The number of aromatic nitrogens is 3. The molecule has 3 rings (SSSR count). The predicted molar refractivity (Wildman–Crippen MR) is 89.2 cm³/mol. The Labute approximate surface area is 141 Å². The van der Waals surface area contributed by atoms with Crippen molar-refractivity contribution in [3.8, 4) is 5.75 Å². The van der Waals surface area contributed by atoms with Gasteiger partial charge in [0.05, 0.1) is 5.02 Å². The molecule has 0 amide bonds. The lowest BCUT2D eigenvalue weighted by Crippen LogP contribution is -2.02. The first kappa shape index (κ1) is 15.9. The first-order valence-electron chi connectivity index (χ1n) is 6.97. The molecule has 1 N–H and O–H groups in total. The molecule has 0 fully saturated rings. The van der Waals surface area contributed by atoms with Crippen LogP contribution in [-0.4, -0.2) is 19.9 Å². The van der Waals surface area contributed by atoms with Crippen molar-refractivity contribution in [2.24, 2.45) is 0 Å². The second-order valence-electron chi connectivity index (χ2n) is 4.95. The van der Waals surface area contributed by atoms with Gasteiger partial charge in [0.1, 0.15) is 17.2 Å². The summed E-state index contributed by atoms with van der Waals surface area (Å²) in [5.41, 5.74) is 0.609. The predicted octanol–water partition coefficient (Wildman–Crippen LogP) is 3.36. The van der Waals surface area contributed by atoms with E-state index in [0.29, 0.717) is 16.7 Å². The van der Waals surface area contributed by atoms with Crippen LogP contribution in [0.5, 0.6) is 5.75 Å². The minimum Gasteiger partial charge on any atom is -0.506 e. The number of fused-ring (bicyclic) bond motifs is 1. The second kappa shape index (κ2) is 6.25. The number of hydrogen-bond acceptors (Lipinski definition) is 6. The highest BCUT2D eigenvalue weighted by atomic mass is 35.5. The average Bonchev–Trinajstić information content (AvgIpc) is 2.86. The zero-order chi connectivity index (χ0) is 16.6. The van der Waals surface area contributed by atoms with Crippen LogP contribution < -0.4 is 5.63 Å². The summed E-state index contributed by atoms with van der Waals surface area (Å²) in [6.07, 6.45) is 0. The van der Waals surface area contributed by atoms with Gasteiger partial charge in [0.2, 0.25) is 0 Å². The van der Waals surface area contributed by atoms with E-state index in [1.54, 1.807) is 6.07 Å². The summed E-state index contributed by atoms with van der Waals surface area (Å²) >= 11 is 7.45. The van der Waals surface area contributed by atoms with Crippen LogP contribution in [0.1, 0.15) is 18.3 Å². The Balaban J connectivity index is 1.99. The van der Waals surface area contributed by atoms with E-state index in [1.165, 1.54) is 23.9 Å². The van der Waals surface area contributed by atoms with E-state index in [4.69, 9.17) is 16.0 Å². The van der Waals surface area contributed by atoms with E-state index < -0.39 is 5.63 Å². The van der Waals surface area contributed by atoms with Gasteiger partial charge in [-0.15, -0.1) is 10.2 Å². The zero-order valence-corrected chi connectivity index (χ0v) is 14.1. The van der Waals surface area contributed by atoms with E-state index in [-0.39, 0.29) is 10.8 Å². The number of nitrogens with zero attached hydrogens (tertiary/aromatic N) is 3. The van der Waals surface area contributed by atoms with Crippen molar-refractivity contribution >= 4 is 34.3 Å². The summed E-state index contributed by atoms with van der Waals surface area (Å²) in [4.78, 5) is 11.7. The van der Waals surface area contributed by atoms with E-state index in [9.17, 15) is 9.90 Å². The van der Waals surface area contributed by atoms with Gasteiger partial charge in [-0.1, -0.05) is 23.4 Å². The molecule has 0 aliphatic heterocycles. The molecule has 23 heavy (non-hydrogen) atoms. The Morgan fingerprint density at radius 3 is 2.87 bits per heavy atom. The van der Waals surface area contributed by atoms with Gasteiger partial charge in [-0.25, -0.2) is 4.79 Å². The van der Waals surface area contributed by atoms with Crippen molar-refractivity contribution in [1.29, 1.82) is 0 Å². The van der Waals surface area contributed by atoms with Gasteiger partial charge in [-0.3, -0.25) is 0 Å². The third-order valence-electron chi connectivity index (χ3n) is 3.47. The number of aryl methyl sites for hydroxylation is 1. The van der Waals surface area contributed by atoms with Crippen LogP contribution in [0.15, 0.2) is 32.6 Å². The van der Waals surface area contributed by atoms with Crippen molar-refractivity contribution < 1.29 is 9.52 Å². The molecule has 0 spiro atoms. The third kappa shape index (κ3) is 3.07. The number of aromatic hydroxyl groups is 1. The number of benzene rings is 1. The summed E-state index contributed by atoms with van der Waals surface area (Å²) in [5.74, 6) is 1.25. The number of thioether (sulfide) groups is 1. The first-order valence-corrected chi connectivity index (χ1v) is 8.33. The highest BCUT2D eigenvalue weighted by Gasteiger charge is 2.13. The fraction of sp³-hybridized carbons (Fsp3) is 0.267. The Morgan fingerprint density at radius 1 is 1.35 bits per heavy atom.